The van der Waals surface area contributed by atoms with E-state index in [-0.39, 0.29) is 0 Å². The van der Waals surface area contributed by atoms with Crippen molar-refractivity contribution in [3.8, 4) is 0 Å². The zero-order chi connectivity index (χ0) is 13.7. The summed E-state index contributed by atoms with van der Waals surface area (Å²) in [7, 11) is 0. The first kappa shape index (κ1) is 11.9. The second kappa shape index (κ2) is 4.29. The van der Waals surface area contributed by atoms with E-state index in [0.717, 1.165) is 5.52 Å². The molecule has 0 aliphatic rings. The van der Waals surface area contributed by atoms with Gasteiger partial charge in [-0.15, -0.1) is 11.3 Å². The zero-order valence-corrected chi connectivity index (χ0v) is 12.4. The summed E-state index contributed by atoms with van der Waals surface area (Å²) in [6.07, 6.45) is 0. The Morgan fingerprint density at radius 1 is 0.800 bits per heavy atom. The molecule has 4 aromatic rings. The molecule has 0 amide bonds. The first-order valence-corrected chi connectivity index (χ1v) is 7.77. The average Bonchev–Trinajstić information content (AvgIpc) is 2.93. The molecule has 0 saturated heterocycles. The number of rotatable bonds is 1. The summed E-state index contributed by atoms with van der Waals surface area (Å²) in [4.78, 5) is 4.91. The van der Waals surface area contributed by atoms with Crippen LogP contribution in [0, 0.1) is 0 Å². The third-order valence-corrected chi connectivity index (χ3v) is 5.17. The number of hydrogen-bond donors (Lipinski definition) is 0. The van der Waals surface area contributed by atoms with Crippen LogP contribution in [0.5, 0.6) is 0 Å². The largest absolute Gasteiger partial charge is 0.240 e. The molecule has 98 valence electrons. The highest BCUT2D eigenvalue weighted by Crippen LogP contribution is 2.39. The van der Waals surface area contributed by atoms with E-state index in [0.29, 0.717) is 5.92 Å². The molecular formula is C18H15NS. The third kappa shape index (κ3) is 1.58. The van der Waals surface area contributed by atoms with Crippen molar-refractivity contribution < 1.29 is 0 Å². The second-order valence-electron chi connectivity index (χ2n) is 5.48. The van der Waals surface area contributed by atoms with Crippen LogP contribution in [0.1, 0.15) is 24.8 Å². The predicted molar refractivity (Wildman–Crippen MR) is 88.7 cm³/mol. The van der Waals surface area contributed by atoms with Gasteiger partial charge < -0.3 is 0 Å². The molecule has 3 aromatic carbocycles. The van der Waals surface area contributed by atoms with Crippen LogP contribution in [-0.2, 0) is 0 Å². The zero-order valence-electron chi connectivity index (χ0n) is 11.6. The lowest BCUT2D eigenvalue weighted by Gasteiger charge is -2.05. The van der Waals surface area contributed by atoms with E-state index in [1.807, 2.05) is 11.3 Å². The van der Waals surface area contributed by atoms with Gasteiger partial charge in [0.1, 0.15) is 0 Å². The van der Waals surface area contributed by atoms with Crippen LogP contribution >= 0.6 is 11.3 Å². The molecule has 0 radical (unpaired) electrons. The van der Waals surface area contributed by atoms with Crippen LogP contribution in [-0.4, -0.2) is 4.98 Å². The van der Waals surface area contributed by atoms with Gasteiger partial charge in [0.25, 0.3) is 0 Å². The predicted octanol–water partition coefficient (Wildman–Crippen LogP) is 5.73. The number of thiazole rings is 1. The van der Waals surface area contributed by atoms with Gasteiger partial charge in [0, 0.05) is 16.7 Å². The standard InChI is InChI=1S/C18H15NS/c1-11(2)18-19-16-14-9-5-3-7-12(14)13-8-4-6-10-15(13)17(16)20-18/h3-11H,1-2H3. The number of hydrogen-bond acceptors (Lipinski definition) is 2. The summed E-state index contributed by atoms with van der Waals surface area (Å²) in [5.41, 5.74) is 1.16. The first-order valence-electron chi connectivity index (χ1n) is 6.95. The van der Waals surface area contributed by atoms with Crippen molar-refractivity contribution in [2.24, 2.45) is 0 Å². The fraction of sp³-hybridized carbons (Fsp3) is 0.167. The number of aromatic nitrogens is 1. The maximum Gasteiger partial charge on any atom is 0.0964 e. The van der Waals surface area contributed by atoms with E-state index in [1.54, 1.807) is 0 Å². The third-order valence-electron chi connectivity index (χ3n) is 3.78. The van der Waals surface area contributed by atoms with E-state index in [2.05, 4.69) is 62.4 Å². The quantitative estimate of drug-likeness (QED) is 0.405. The molecule has 0 unspecified atom stereocenters. The van der Waals surface area contributed by atoms with Crippen LogP contribution in [0.15, 0.2) is 48.5 Å². The first-order chi connectivity index (χ1) is 9.75. The fourth-order valence-corrected chi connectivity index (χ4v) is 3.91. The number of benzene rings is 3. The minimum absolute atomic E-state index is 0.477. The molecule has 0 aliphatic carbocycles. The minimum Gasteiger partial charge on any atom is -0.240 e. The highest BCUT2D eigenvalue weighted by Gasteiger charge is 2.14. The molecule has 1 heterocycles. The van der Waals surface area contributed by atoms with Gasteiger partial charge in [-0.05, 0) is 10.8 Å². The molecule has 0 aliphatic heterocycles. The smallest absolute Gasteiger partial charge is 0.0964 e. The van der Waals surface area contributed by atoms with E-state index in [4.69, 9.17) is 4.98 Å². The van der Waals surface area contributed by atoms with E-state index in [9.17, 15) is 0 Å². The summed E-state index contributed by atoms with van der Waals surface area (Å²) in [5, 5.41) is 6.45. The van der Waals surface area contributed by atoms with Gasteiger partial charge in [0.05, 0.1) is 15.2 Å². The van der Waals surface area contributed by atoms with Gasteiger partial charge in [-0.1, -0.05) is 62.4 Å². The molecule has 1 nitrogen and oxygen atoms in total. The normalized spacial score (nSPS) is 11.9. The van der Waals surface area contributed by atoms with Gasteiger partial charge >= 0.3 is 0 Å². The summed E-state index contributed by atoms with van der Waals surface area (Å²) in [6, 6.07) is 17.3. The van der Waals surface area contributed by atoms with Crippen molar-refractivity contribution >= 4 is 43.1 Å². The number of fused-ring (bicyclic) bond motifs is 6. The van der Waals surface area contributed by atoms with E-state index < -0.39 is 0 Å². The highest BCUT2D eigenvalue weighted by molar-refractivity contribution is 7.19. The van der Waals surface area contributed by atoms with Crippen molar-refractivity contribution in [1.29, 1.82) is 0 Å². The monoisotopic (exact) mass is 277 g/mol. The lowest BCUT2D eigenvalue weighted by molar-refractivity contribution is 0.857. The van der Waals surface area contributed by atoms with Crippen LogP contribution < -0.4 is 0 Å². The Hall–Kier alpha value is -1.93. The van der Waals surface area contributed by atoms with Crippen molar-refractivity contribution in [2.75, 3.05) is 0 Å². The average molecular weight is 277 g/mol. The van der Waals surface area contributed by atoms with Gasteiger partial charge in [-0.2, -0.15) is 0 Å². The summed E-state index contributed by atoms with van der Waals surface area (Å²) >= 11 is 1.84. The van der Waals surface area contributed by atoms with Crippen LogP contribution in [0.25, 0.3) is 31.8 Å². The molecule has 0 atom stereocenters. The van der Waals surface area contributed by atoms with Crippen LogP contribution in [0.4, 0.5) is 0 Å². The van der Waals surface area contributed by atoms with Gasteiger partial charge in [0.15, 0.2) is 0 Å². The van der Waals surface area contributed by atoms with Crippen molar-refractivity contribution in [1.82, 2.24) is 4.98 Å². The summed E-state index contributed by atoms with van der Waals surface area (Å²) in [6.45, 7) is 4.42. The molecule has 0 fully saturated rings. The van der Waals surface area contributed by atoms with Crippen molar-refractivity contribution in [3.63, 3.8) is 0 Å². The molecule has 0 bridgehead atoms. The minimum atomic E-state index is 0.477. The summed E-state index contributed by atoms with van der Waals surface area (Å²) in [5.74, 6) is 0.477. The Morgan fingerprint density at radius 3 is 2.00 bits per heavy atom. The molecular weight excluding hydrogens is 262 g/mol. The lowest BCUT2D eigenvalue weighted by Crippen LogP contribution is -1.84. The highest BCUT2D eigenvalue weighted by atomic mass is 32.1. The van der Waals surface area contributed by atoms with Gasteiger partial charge in [0.2, 0.25) is 0 Å². The summed E-state index contributed by atoms with van der Waals surface area (Å²) < 4.78 is 1.32. The fourth-order valence-electron chi connectivity index (χ4n) is 2.79. The maximum absolute atomic E-state index is 4.91. The lowest BCUT2D eigenvalue weighted by atomic mass is 10.0. The molecule has 20 heavy (non-hydrogen) atoms. The Morgan fingerprint density at radius 2 is 1.35 bits per heavy atom. The Bertz CT molecular complexity index is 861. The van der Waals surface area contributed by atoms with E-state index >= 15 is 0 Å². The topological polar surface area (TPSA) is 12.9 Å². The molecule has 0 N–H and O–H groups in total. The molecule has 4 rings (SSSR count). The van der Waals surface area contributed by atoms with Crippen LogP contribution in [0.3, 0.4) is 0 Å². The molecule has 0 saturated carbocycles. The van der Waals surface area contributed by atoms with Crippen molar-refractivity contribution in [3.05, 3.63) is 53.5 Å². The van der Waals surface area contributed by atoms with Gasteiger partial charge in [-0.25, -0.2) is 4.98 Å². The van der Waals surface area contributed by atoms with Gasteiger partial charge in [-0.3, -0.25) is 0 Å². The molecule has 2 heteroatoms. The van der Waals surface area contributed by atoms with Crippen molar-refractivity contribution in [2.45, 2.75) is 19.8 Å². The Balaban J connectivity index is 2.32. The second-order valence-corrected chi connectivity index (χ2v) is 6.51. The van der Waals surface area contributed by atoms with E-state index in [1.165, 1.54) is 31.3 Å². The Labute approximate surface area is 121 Å². The molecule has 0 spiro atoms. The Kier molecular flexibility index (Phi) is 2.54. The maximum atomic E-state index is 4.91. The number of nitrogens with zero attached hydrogens (tertiary/aromatic N) is 1. The molecule has 1 aromatic heterocycles. The SMILES string of the molecule is CC(C)c1nc2c3ccccc3c3ccccc3c2s1. The van der Waals surface area contributed by atoms with Crippen LogP contribution in [0.2, 0.25) is 0 Å².